The van der Waals surface area contributed by atoms with Crippen molar-refractivity contribution in [2.24, 2.45) is 0 Å². The SMILES string of the molecule is Cc1noc(C(C)C)c1C(=O)N(C)Cc1cc(Br)ccc1F. The van der Waals surface area contributed by atoms with Crippen LogP contribution in [0.15, 0.2) is 27.2 Å². The zero-order chi connectivity index (χ0) is 16.4. The normalized spacial score (nSPS) is 11.0. The Bertz CT molecular complexity index is 697. The molecule has 1 heterocycles. The average Bonchev–Trinajstić information content (AvgIpc) is 2.84. The van der Waals surface area contributed by atoms with Crippen LogP contribution in [0.25, 0.3) is 0 Å². The minimum atomic E-state index is -0.339. The Balaban J connectivity index is 2.26. The van der Waals surface area contributed by atoms with Gasteiger partial charge in [0.05, 0.1) is 5.69 Å². The number of aryl methyl sites for hydroxylation is 1. The molecule has 0 saturated carbocycles. The summed E-state index contributed by atoms with van der Waals surface area (Å²) in [4.78, 5) is 14.1. The van der Waals surface area contributed by atoms with Crippen LogP contribution in [0.4, 0.5) is 4.39 Å². The fourth-order valence-electron chi connectivity index (χ4n) is 2.22. The van der Waals surface area contributed by atoms with Crippen LogP contribution in [0.1, 0.15) is 47.1 Å². The van der Waals surface area contributed by atoms with E-state index in [1.165, 1.54) is 11.0 Å². The maximum Gasteiger partial charge on any atom is 0.259 e. The molecule has 6 heteroatoms. The number of hydrogen-bond acceptors (Lipinski definition) is 3. The second kappa shape index (κ2) is 6.60. The number of amides is 1. The summed E-state index contributed by atoms with van der Waals surface area (Å²) in [6.07, 6.45) is 0. The van der Waals surface area contributed by atoms with E-state index in [1.54, 1.807) is 26.1 Å². The van der Waals surface area contributed by atoms with E-state index >= 15 is 0 Å². The van der Waals surface area contributed by atoms with Gasteiger partial charge >= 0.3 is 0 Å². The molecule has 22 heavy (non-hydrogen) atoms. The first-order valence-electron chi connectivity index (χ1n) is 6.96. The summed E-state index contributed by atoms with van der Waals surface area (Å²) in [5, 5.41) is 3.88. The van der Waals surface area contributed by atoms with Crippen LogP contribution in [0.5, 0.6) is 0 Å². The van der Waals surface area contributed by atoms with Crippen LogP contribution in [-0.4, -0.2) is 23.0 Å². The Labute approximate surface area is 137 Å². The summed E-state index contributed by atoms with van der Waals surface area (Å²) in [5.41, 5.74) is 1.47. The first kappa shape index (κ1) is 16.7. The van der Waals surface area contributed by atoms with Gasteiger partial charge in [-0.3, -0.25) is 4.79 Å². The second-order valence-electron chi connectivity index (χ2n) is 5.56. The van der Waals surface area contributed by atoms with Crippen LogP contribution in [-0.2, 0) is 6.54 Å². The summed E-state index contributed by atoms with van der Waals surface area (Å²) in [6, 6.07) is 4.67. The molecule has 0 fully saturated rings. The molecule has 0 bridgehead atoms. The van der Waals surface area contributed by atoms with Crippen molar-refractivity contribution in [3.8, 4) is 0 Å². The number of aromatic nitrogens is 1. The van der Waals surface area contributed by atoms with Gasteiger partial charge in [0.2, 0.25) is 0 Å². The van der Waals surface area contributed by atoms with Crippen molar-refractivity contribution in [3.63, 3.8) is 0 Å². The van der Waals surface area contributed by atoms with Crippen molar-refractivity contribution < 1.29 is 13.7 Å². The Kier molecular flexibility index (Phi) is 5.01. The van der Waals surface area contributed by atoms with Crippen molar-refractivity contribution in [1.82, 2.24) is 10.1 Å². The van der Waals surface area contributed by atoms with Gasteiger partial charge in [-0.05, 0) is 25.1 Å². The maximum absolute atomic E-state index is 13.8. The third-order valence-electron chi connectivity index (χ3n) is 3.39. The van der Waals surface area contributed by atoms with E-state index in [4.69, 9.17) is 4.52 Å². The molecule has 4 nitrogen and oxygen atoms in total. The van der Waals surface area contributed by atoms with Gasteiger partial charge in [0.15, 0.2) is 5.76 Å². The summed E-state index contributed by atoms with van der Waals surface area (Å²) in [7, 11) is 1.64. The quantitative estimate of drug-likeness (QED) is 0.808. The monoisotopic (exact) mass is 368 g/mol. The first-order valence-corrected chi connectivity index (χ1v) is 7.76. The van der Waals surface area contributed by atoms with Gasteiger partial charge in [-0.15, -0.1) is 0 Å². The van der Waals surface area contributed by atoms with Crippen LogP contribution in [0.3, 0.4) is 0 Å². The lowest BCUT2D eigenvalue weighted by molar-refractivity contribution is 0.0780. The lowest BCUT2D eigenvalue weighted by Crippen LogP contribution is -2.28. The van der Waals surface area contributed by atoms with Crippen molar-refractivity contribution in [1.29, 1.82) is 0 Å². The predicted octanol–water partition coefficient (Wildman–Crippen LogP) is 4.28. The van der Waals surface area contributed by atoms with Gasteiger partial charge in [0, 0.05) is 29.5 Å². The molecule has 0 aliphatic rings. The number of rotatable bonds is 4. The first-order chi connectivity index (χ1) is 10.3. The highest BCUT2D eigenvalue weighted by Gasteiger charge is 2.25. The molecule has 0 unspecified atom stereocenters. The van der Waals surface area contributed by atoms with Crippen LogP contribution >= 0.6 is 15.9 Å². The zero-order valence-electron chi connectivity index (χ0n) is 13.0. The third kappa shape index (κ3) is 3.38. The highest BCUT2D eigenvalue weighted by atomic mass is 79.9. The van der Waals surface area contributed by atoms with E-state index in [1.807, 2.05) is 13.8 Å². The molecule has 0 aliphatic heterocycles. The molecule has 0 aliphatic carbocycles. The Morgan fingerprint density at radius 3 is 2.77 bits per heavy atom. The van der Waals surface area contributed by atoms with Crippen molar-refractivity contribution in [2.75, 3.05) is 7.05 Å². The van der Waals surface area contributed by atoms with Gasteiger partial charge in [-0.1, -0.05) is 34.9 Å². The highest BCUT2D eigenvalue weighted by molar-refractivity contribution is 9.10. The highest BCUT2D eigenvalue weighted by Crippen LogP contribution is 2.24. The minimum Gasteiger partial charge on any atom is -0.360 e. The molecule has 0 atom stereocenters. The molecule has 2 aromatic rings. The summed E-state index contributed by atoms with van der Waals surface area (Å²) < 4.78 is 19.8. The Morgan fingerprint density at radius 2 is 2.14 bits per heavy atom. The number of carbonyl (C=O) groups is 1. The summed E-state index contributed by atoms with van der Waals surface area (Å²) in [5.74, 6) is 0.0519. The number of halogens is 2. The van der Waals surface area contributed by atoms with E-state index in [0.29, 0.717) is 22.6 Å². The topological polar surface area (TPSA) is 46.3 Å². The van der Waals surface area contributed by atoms with E-state index in [-0.39, 0.29) is 24.2 Å². The van der Waals surface area contributed by atoms with Gasteiger partial charge in [-0.25, -0.2) is 4.39 Å². The van der Waals surface area contributed by atoms with Crippen LogP contribution in [0.2, 0.25) is 0 Å². The van der Waals surface area contributed by atoms with E-state index < -0.39 is 0 Å². The lowest BCUT2D eigenvalue weighted by atomic mass is 10.0. The molecule has 118 valence electrons. The largest absolute Gasteiger partial charge is 0.360 e. The van der Waals surface area contributed by atoms with Crippen LogP contribution in [0, 0.1) is 12.7 Å². The third-order valence-corrected chi connectivity index (χ3v) is 3.88. The smallest absolute Gasteiger partial charge is 0.259 e. The Hall–Kier alpha value is -1.69. The molecular formula is C16H18BrFN2O2. The van der Waals surface area contributed by atoms with Crippen molar-refractivity contribution in [2.45, 2.75) is 33.2 Å². The fraction of sp³-hybridized carbons (Fsp3) is 0.375. The van der Waals surface area contributed by atoms with E-state index in [2.05, 4.69) is 21.1 Å². The number of carbonyl (C=O) groups excluding carboxylic acids is 1. The lowest BCUT2D eigenvalue weighted by Gasteiger charge is -2.18. The fourth-order valence-corrected chi connectivity index (χ4v) is 2.63. The molecule has 0 saturated heterocycles. The van der Waals surface area contributed by atoms with Gasteiger partial charge < -0.3 is 9.42 Å². The predicted molar refractivity (Wildman–Crippen MR) is 85.2 cm³/mol. The summed E-state index contributed by atoms with van der Waals surface area (Å²) in [6.45, 7) is 5.78. The molecule has 0 radical (unpaired) electrons. The molecule has 1 aromatic carbocycles. The molecule has 2 rings (SSSR count). The van der Waals surface area contributed by atoms with Crippen molar-refractivity contribution in [3.05, 3.63) is 51.1 Å². The average molecular weight is 369 g/mol. The van der Waals surface area contributed by atoms with E-state index in [9.17, 15) is 9.18 Å². The number of benzene rings is 1. The number of hydrogen-bond donors (Lipinski definition) is 0. The van der Waals surface area contributed by atoms with E-state index in [0.717, 1.165) is 4.47 Å². The molecule has 1 amide bonds. The maximum atomic E-state index is 13.8. The number of nitrogens with zero attached hydrogens (tertiary/aromatic N) is 2. The van der Waals surface area contributed by atoms with Gasteiger partial charge in [0.25, 0.3) is 5.91 Å². The molecule has 0 spiro atoms. The minimum absolute atomic E-state index is 0.0520. The van der Waals surface area contributed by atoms with Gasteiger partial charge in [-0.2, -0.15) is 0 Å². The van der Waals surface area contributed by atoms with Crippen molar-refractivity contribution >= 4 is 21.8 Å². The van der Waals surface area contributed by atoms with Gasteiger partial charge in [0.1, 0.15) is 11.4 Å². The zero-order valence-corrected chi connectivity index (χ0v) is 14.6. The Morgan fingerprint density at radius 1 is 1.45 bits per heavy atom. The molecular weight excluding hydrogens is 351 g/mol. The second-order valence-corrected chi connectivity index (χ2v) is 6.47. The van der Waals surface area contributed by atoms with Crippen LogP contribution < -0.4 is 0 Å². The standard InChI is InChI=1S/C16H18BrFN2O2/c1-9(2)15-14(10(3)19-22-15)16(21)20(4)8-11-7-12(17)5-6-13(11)18/h5-7,9H,8H2,1-4H3. The molecule has 0 N–H and O–H groups in total. The molecule has 1 aromatic heterocycles. The summed E-state index contributed by atoms with van der Waals surface area (Å²) >= 11 is 3.31.